The van der Waals surface area contributed by atoms with Crippen molar-refractivity contribution in [2.45, 2.75) is 37.1 Å². The van der Waals surface area contributed by atoms with Crippen molar-refractivity contribution in [1.82, 2.24) is 4.31 Å². The van der Waals surface area contributed by atoms with Crippen molar-refractivity contribution in [3.8, 4) is 0 Å². The third kappa shape index (κ3) is 4.42. The Morgan fingerprint density at radius 3 is 2.75 bits per heavy atom. The average molecular weight is 355 g/mol. The summed E-state index contributed by atoms with van der Waals surface area (Å²) in [6.07, 6.45) is 1.89. The molecule has 9 nitrogen and oxygen atoms in total. The number of nitro groups is 2. The van der Waals surface area contributed by atoms with Gasteiger partial charge in [-0.05, 0) is 37.8 Å². The van der Waals surface area contributed by atoms with Crippen LogP contribution in [0.25, 0.3) is 0 Å². The van der Waals surface area contributed by atoms with Crippen LogP contribution in [0.4, 0.5) is 11.4 Å². The Morgan fingerprint density at radius 1 is 1.38 bits per heavy atom. The van der Waals surface area contributed by atoms with Gasteiger partial charge in [0.2, 0.25) is 0 Å². The van der Waals surface area contributed by atoms with Gasteiger partial charge in [-0.15, -0.1) is 0 Å². The lowest BCUT2D eigenvalue weighted by atomic mass is 10.2. The van der Waals surface area contributed by atoms with E-state index in [0.29, 0.717) is 18.0 Å². The molecule has 0 N–H and O–H groups in total. The monoisotopic (exact) mass is 355 g/mol. The maximum Gasteiger partial charge on any atom is 0.307 e. The van der Waals surface area contributed by atoms with Crippen molar-refractivity contribution in [2.24, 2.45) is 0 Å². The van der Waals surface area contributed by atoms with Gasteiger partial charge in [0.1, 0.15) is 4.90 Å². The summed E-state index contributed by atoms with van der Waals surface area (Å²) in [5.41, 5.74) is -0.633. The zero-order valence-electron chi connectivity index (χ0n) is 13.0. The molecule has 2 rings (SSSR count). The fraction of sp³-hybridized carbons (Fsp3) is 0.500. The molecule has 0 saturated carbocycles. The quantitative estimate of drug-likeness (QED) is 0.317. The number of hydrogen-bond donors (Lipinski definition) is 0. The first-order chi connectivity index (χ1) is 11.4. The molecule has 0 aliphatic carbocycles. The van der Waals surface area contributed by atoms with E-state index in [1.165, 1.54) is 12.1 Å². The summed E-state index contributed by atoms with van der Waals surface area (Å²) < 4.78 is 6.86. The highest BCUT2D eigenvalue weighted by molar-refractivity contribution is 7.97. The van der Waals surface area contributed by atoms with Crippen molar-refractivity contribution >= 4 is 29.3 Å². The standard InChI is InChI=1S/C14H17N3O6S/c1-2-23-14(18)9-10-4-3-7-15(10)24-13-6-5-11(16(19)20)8-12(13)17(21)22/h5-6,8,10H,2-4,7,9H2,1H3/t10-/m0/s1. The van der Waals surface area contributed by atoms with Gasteiger partial charge in [-0.25, -0.2) is 4.31 Å². The smallest absolute Gasteiger partial charge is 0.307 e. The lowest BCUT2D eigenvalue weighted by molar-refractivity contribution is -0.396. The van der Waals surface area contributed by atoms with Crippen molar-refractivity contribution < 1.29 is 19.4 Å². The number of ether oxygens (including phenoxy) is 1. The van der Waals surface area contributed by atoms with Crippen LogP contribution in [0.15, 0.2) is 23.1 Å². The minimum atomic E-state index is -0.666. The fourth-order valence-corrected chi connectivity index (χ4v) is 3.67. The third-order valence-electron chi connectivity index (χ3n) is 3.60. The maximum absolute atomic E-state index is 11.7. The molecule has 0 radical (unpaired) electrons. The van der Waals surface area contributed by atoms with Crippen LogP contribution < -0.4 is 0 Å². The number of nitrogens with zero attached hydrogens (tertiary/aromatic N) is 3. The second-order valence-electron chi connectivity index (χ2n) is 5.20. The molecule has 24 heavy (non-hydrogen) atoms. The summed E-state index contributed by atoms with van der Waals surface area (Å²) in [6, 6.07) is 3.51. The van der Waals surface area contributed by atoms with E-state index < -0.39 is 9.85 Å². The molecule has 1 fully saturated rings. The molecular weight excluding hydrogens is 338 g/mol. The molecule has 0 unspecified atom stereocenters. The first-order valence-electron chi connectivity index (χ1n) is 7.45. The van der Waals surface area contributed by atoms with Gasteiger partial charge < -0.3 is 4.74 Å². The fourth-order valence-electron chi connectivity index (χ4n) is 2.51. The second-order valence-corrected chi connectivity index (χ2v) is 6.29. The predicted molar refractivity (Wildman–Crippen MR) is 86.6 cm³/mol. The molecule has 0 amide bonds. The first-order valence-corrected chi connectivity index (χ1v) is 8.22. The van der Waals surface area contributed by atoms with Crippen LogP contribution in [-0.2, 0) is 9.53 Å². The van der Waals surface area contributed by atoms with E-state index >= 15 is 0 Å². The zero-order chi connectivity index (χ0) is 17.7. The molecule has 10 heteroatoms. The summed E-state index contributed by atoms with van der Waals surface area (Å²) in [5, 5.41) is 22.0. The van der Waals surface area contributed by atoms with Gasteiger partial charge in [0.05, 0.1) is 28.9 Å². The van der Waals surface area contributed by atoms with E-state index in [0.717, 1.165) is 30.9 Å². The van der Waals surface area contributed by atoms with Gasteiger partial charge in [0, 0.05) is 18.7 Å². The average Bonchev–Trinajstić information content (AvgIpc) is 2.94. The molecule has 1 aliphatic rings. The molecule has 0 spiro atoms. The molecule has 130 valence electrons. The van der Waals surface area contributed by atoms with Crippen molar-refractivity contribution in [2.75, 3.05) is 13.2 Å². The van der Waals surface area contributed by atoms with Crippen molar-refractivity contribution in [3.05, 3.63) is 38.4 Å². The Kier molecular flexibility index (Phi) is 6.10. The van der Waals surface area contributed by atoms with Crippen LogP contribution in [0.1, 0.15) is 26.2 Å². The highest BCUT2D eigenvalue weighted by atomic mass is 32.2. The number of benzene rings is 1. The van der Waals surface area contributed by atoms with Crippen LogP contribution in [0.5, 0.6) is 0 Å². The van der Waals surface area contributed by atoms with Gasteiger partial charge in [-0.3, -0.25) is 25.0 Å². The van der Waals surface area contributed by atoms with Crippen molar-refractivity contribution in [1.29, 1.82) is 0 Å². The normalized spacial score (nSPS) is 17.6. The highest BCUT2D eigenvalue weighted by Crippen LogP contribution is 2.38. The van der Waals surface area contributed by atoms with Gasteiger partial charge >= 0.3 is 5.97 Å². The maximum atomic E-state index is 11.7. The van der Waals surface area contributed by atoms with Gasteiger partial charge in [0.25, 0.3) is 11.4 Å². The van der Waals surface area contributed by atoms with Gasteiger partial charge in [-0.2, -0.15) is 0 Å². The van der Waals surface area contributed by atoms with E-state index in [4.69, 9.17) is 4.74 Å². The van der Waals surface area contributed by atoms with Gasteiger partial charge in [-0.1, -0.05) is 0 Å². The molecule has 1 atom stereocenters. The summed E-state index contributed by atoms with van der Waals surface area (Å²) in [4.78, 5) is 32.6. The number of esters is 1. The van der Waals surface area contributed by atoms with Crippen LogP contribution >= 0.6 is 11.9 Å². The van der Waals surface area contributed by atoms with E-state index in [1.54, 1.807) is 6.92 Å². The summed E-state index contributed by atoms with van der Waals surface area (Å²) >= 11 is 1.16. The molecule has 0 aromatic heterocycles. The topological polar surface area (TPSA) is 116 Å². The molecule has 1 saturated heterocycles. The summed E-state index contributed by atoms with van der Waals surface area (Å²) in [7, 11) is 0. The Balaban J connectivity index is 2.15. The minimum Gasteiger partial charge on any atom is -0.466 e. The highest BCUT2D eigenvalue weighted by Gasteiger charge is 2.30. The number of nitro benzene ring substituents is 2. The number of rotatable bonds is 7. The number of carbonyl (C=O) groups is 1. The Labute approximate surface area is 142 Å². The number of carbonyl (C=O) groups excluding carboxylic acids is 1. The number of non-ortho nitro benzene ring substituents is 1. The lowest BCUT2D eigenvalue weighted by Crippen LogP contribution is -2.26. The largest absolute Gasteiger partial charge is 0.466 e. The SMILES string of the molecule is CCOC(=O)C[C@@H]1CCCN1Sc1ccc([N+](=O)[O-])cc1[N+](=O)[O-]. The Hall–Kier alpha value is -2.20. The molecule has 0 bridgehead atoms. The van der Waals surface area contributed by atoms with Crippen LogP contribution in [0.2, 0.25) is 0 Å². The van der Waals surface area contributed by atoms with E-state index in [2.05, 4.69) is 0 Å². The van der Waals surface area contributed by atoms with Crippen LogP contribution in [0.3, 0.4) is 0 Å². The second kappa shape index (κ2) is 8.06. The molecule has 1 aliphatic heterocycles. The minimum absolute atomic E-state index is 0.0659. The van der Waals surface area contributed by atoms with Gasteiger partial charge in [0.15, 0.2) is 0 Å². The summed E-state index contributed by atoms with van der Waals surface area (Å²) in [5.74, 6) is -0.298. The predicted octanol–water partition coefficient (Wildman–Crippen LogP) is 2.93. The Morgan fingerprint density at radius 2 is 2.12 bits per heavy atom. The first kappa shape index (κ1) is 18.1. The van der Waals surface area contributed by atoms with E-state index in [9.17, 15) is 25.0 Å². The molecular formula is C14H17N3O6S. The van der Waals surface area contributed by atoms with Crippen LogP contribution in [0, 0.1) is 20.2 Å². The number of hydrogen-bond acceptors (Lipinski definition) is 8. The molecule has 1 aromatic rings. The molecule has 1 heterocycles. The van der Waals surface area contributed by atoms with E-state index in [1.807, 2.05) is 4.31 Å². The lowest BCUT2D eigenvalue weighted by Gasteiger charge is -2.22. The third-order valence-corrected chi connectivity index (χ3v) is 4.85. The Bertz CT molecular complexity index is 653. The zero-order valence-corrected chi connectivity index (χ0v) is 13.9. The summed E-state index contributed by atoms with van der Waals surface area (Å²) in [6.45, 7) is 2.73. The molecule has 1 aromatic carbocycles. The van der Waals surface area contributed by atoms with Crippen molar-refractivity contribution in [3.63, 3.8) is 0 Å². The van der Waals surface area contributed by atoms with E-state index in [-0.39, 0.29) is 29.8 Å². The van der Waals surface area contributed by atoms with Crippen LogP contribution in [-0.4, -0.2) is 39.3 Å².